The van der Waals surface area contributed by atoms with Crippen LogP contribution in [-0.2, 0) is 6.42 Å². The number of fused-ring (bicyclic) bond motifs is 2. The van der Waals surface area contributed by atoms with Crippen molar-refractivity contribution in [2.45, 2.75) is 27.2 Å². The van der Waals surface area contributed by atoms with Crippen LogP contribution in [-0.4, -0.2) is 27.5 Å². The molecule has 1 atom stereocenters. The maximum atomic E-state index is 11.9. The molecule has 178 valence electrons. The Balaban J connectivity index is 0.000000179. The summed E-state index contributed by atoms with van der Waals surface area (Å²) < 4.78 is 0. The van der Waals surface area contributed by atoms with Crippen LogP contribution in [0.25, 0.3) is 33.1 Å². The summed E-state index contributed by atoms with van der Waals surface area (Å²) in [6.45, 7) is 5.85. The highest BCUT2D eigenvalue weighted by Gasteiger charge is 2.11. The number of para-hydroxylation sites is 2. The second-order valence-corrected chi connectivity index (χ2v) is 9.35. The molecule has 2 aromatic heterocycles. The van der Waals surface area contributed by atoms with Crippen molar-refractivity contribution in [1.82, 2.24) is 9.97 Å². The summed E-state index contributed by atoms with van der Waals surface area (Å²) in [5.74, 6) is 0.370. The highest BCUT2D eigenvalue weighted by molar-refractivity contribution is 6.31. The van der Waals surface area contributed by atoms with E-state index in [9.17, 15) is 4.79 Å². The van der Waals surface area contributed by atoms with E-state index in [1.165, 1.54) is 16.5 Å². The number of aromatic amines is 1. The molecule has 0 bridgehead atoms. The Morgan fingerprint density at radius 1 is 1.03 bits per heavy atom. The topological polar surface area (TPSA) is 66.0 Å². The number of Topliss-reactive ketones (excluding diaryl/α,β-unsaturated/α-hetero) is 1. The summed E-state index contributed by atoms with van der Waals surface area (Å²) in [5, 5.41) is 11.9. The third-order valence-electron chi connectivity index (χ3n) is 6.10. The van der Waals surface area contributed by atoms with Crippen molar-refractivity contribution in [3.63, 3.8) is 0 Å². The number of H-pyrrole nitrogens is 1. The molecule has 0 aliphatic heterocycles. The van der Waals surface area contributed by atoms with E-state index >= 15 is 0 Å². The molecule has 5 aromatic rings. The number of aliphatic hydroxyl groups is 1. The maximum absolute atomic E-state index is 11.9. The van der Waals surface area contributed by atoms with Gasteiger partial charge in [-0.1, -0.05) is 61.0 Å². The Bertz CT molecular complexity index is 1490. The van der Waals surface area contributed by atoms with Crippen LogP contribution >= 0.6 is 11.6 Å². The van der Waals surface area contributed by atoms with E-state index in [-0.39, 0.29) is 12.4 Å². The summed E-state index contributed by atoms with van der Waals surface area (Å²) in [4.78, 5) is 19.8. The predicted molar refractivity (Wildman–Crippen MR) is 145 cm³/mol. The molecule has 3 aromatic carbocycles. The molecular formula is C30H29ClN2O2. The molecular weight excluding hydrogens is 456 g/mol. The lowest BCUT2D eigenvalue weighted by Crippen LogP contribution is -2.03. The third-order valence-corrected chi connectivity index (χ3v) is 6.53. The summed E-state index contributed by atoms with van der Waals surface area (Å²) >= 11 is 6.07. The fourth-order valence-electron chi connectivity index (χ4n) is 4.16. The molecule has 0 radical (unpaired) electrons. The first-order valence-corrected chi connectivity index (χ1v) is 12.1. The van der Waals surface area contributed by atoms with Gasteiger partial charge in [0.1, 0.15) is 0 Å². The number of benzene rings is 3. The average molecular weight is 485 g/mol. The van der Waals surface area contributed by atoms with Crippen LogP contribution in [0.2, 0.25) is 5.02 Å². The van der Waals surface area contributed by atoms with Crippen LogP contribution in [0.15, 0.2) is 79.0 Å². The van der Waals surface area contributed by atoms with Crippen LogP contribution in [0, 0.1) is 12.8 Å². The van der Waals surface area contributed by atoms with Gasteiger partial charge in [0.05, 0.1) is 11.2 Å². The van der Waals surface area contributed by atoms with Crippen molar-refractivity contribution in [1.29, 1.82) is 0 Å². The molecule has 0 spiro atoms. The van der Waals surface area contributed by atoms with Gasteiger partial charge in [-0.3, -0.25) is 4.79 Å². The van der Waals surface area contributed by atoms with Gasteiger partial charge in [0.25, 0.3) is 0 Å². The number of aryl methyl sites for hydroxylation is 1. The molecule has 0 aliphatic rings. The van der Waals surface area contributed by atoms with Gasteiger partial charge in [0.15, 0.2) is 5.78 Å². The Labute approximate surface area is 210 Å². The number of pyridine rings is 1. The first kappa shape index (κ1) is 24.6. The number of hydrogen-bond donors (Lipinski definition) is 2. The Kier molecular flexibility index (Phi) is 7.64. The second kappa shape index (κ2) is 10.9. The van der Waals surface area contributed by atoms with Gasteiger partial charge < -0.3 is 10.1 Å². The van der Waals surface area contributed by atoms with Gasteiger partial charge in [0, 0.05) is 45.2 Å². The molecule has 4 nitrogen and oxygen atoms in total. The lowest BCUT2D eigenvalue weighted by molar-refractivity contribution is 0.101. The fraction of sp³-hybridized carbons (Fsp3) is 0.200. The van der Waals surface area contributed by atoms with E-state index in [2.05, 4.69) is 29.0 Å². The van der Waals surface area contributed by atoms with Crippen molar-refractivity contribution in [2.75, 3.05) is 6.61 Å². The molecule has 35 heavy (non-hydrogen) atoms. The standard InChI is InChI=1S/C18H14ClNO.C12H15NO/c1-11-9-13(7-8-16(11)19)18-10-15(12(2)21)14-5-3-4-6-17(14)20-18;1-9(8-14)6-10-7-13-12-5-3-2-4-11(10)12/h3-10H,1-2H3;2-5,7,9,13-14H,6,8H2,1H3. The first-order chi connectivity index (χ1) is 16.9. The highest BCUT2D eigenvalue weighted by Crippen LogP contribution is 2.28. The molecule has 2 heterocycles. The van der Waals surface area contributed by atoms with E-state index in [1.54, 1.807) is 6.92 Å². The van der Waals surface area contributed by atoms with Crippen molar-refractivity contribution in [2.24, 2.45) is 5.92 Å². The normalized spacial score (nSPS) is 11.8. The van der Waals surface area contributed by atoms with E-state index in [1.807, 2.05) is 73.8 Å². The Hall–Kier alpha value is -3.47. The second-order valence-electron chi connectivity index (χ2n) is 8.94. The van der Waals surface area contributed by atoms with E-state index in [0.29, 0.717) is 11.5 Å². The quantitative estimate of drug-likeness (QED) is 0.255. The van der Waals surface area contributed by atoms with E-state index in [0.717, 1.165) is 39.2 Å². The number of ketones is 1. The fourth-order valence-corrected chi connectivity index (χ4v) is 4.28. The van der Waals surface area contributed by atoms with Crippen molar-refractivity contribution >= 4 is 39.2 Å². The van der Waals surface area contributed by atoms with Gasteiger partial charge >= 0.3 is 0 Å². The minimum atomic E-state index is 0.0422. The van der Waals surface area contributed by atoms with E-state index < -0.39 is 0 Å². The van der Waals surface area contributed by atoms with Crippen molar-refractivity contribution < 1.29 is 9.90 Å². The number of rotatable bonds is 5. The third kappa shape index (κ3) is 5.61. The molecule has 5 heteroatoms. The van der Waals surface area contributed by atoms with Crippen LogP contribution in [0.5, 0.6) is 0 Å². The van der Waals surface area contributed by atoms with Gasteiger partial charge in [-0.15, -0.1) is 0 Å². The molecule has 0 saturated heterocycles. The predicted octanol–water partition coefficient (Wildman–Crippen LogP) is 7.41. The Morgan fingerprint density at radius 2 is 1.74 bits per heavy atom. The molecule has 5 rings (SSSR count). The van der Waals surface area contributed by atoms with Gasteiger partial charge in [-0.25, -0.2) is 4.98 Å². The van der Waals surface area contributed by atoms with Gasteiger partial charge in [0.2, 0.25) is 0 Å². The summed E-state index contributed by atoms with van der Waals surface area (Å²) in [7, 11) is 0. The SMILES string of the molecule is CC(=O)c1cc(-c2ccc(Cl)c(C)c2)nc2ccccc12.CC(CO)Cc1c[nH]c2ccccc12. The van der Waals surface area contributed by atoms with Crippen molar-refractivity contribution in [3.05, 3.63) is 101 Å². The molecule has 0 saturated carbocycles. The first-order valence-electron chi connectivity index (χ1n) is 11.7. The average Bonchev–Trinajstić information content (AvgIpc) is 3.28. The number of nitrogens with zero attached hydrogens (tertiary/aromatic N) is 1. The Morgan fingerprint density at radius 3 is 2.46 bits per heavy atom. The molecule has 2 N–H and O–H groups in total. The van der Waals surface area contributed by atoms with Crippen LogP contribution in [0.4, 0.5) is 0 Å². The largest absolute Gasteiger partial charge is 0.396 e. The lowest BCUT2D eigenvalue weighted by atomic mass is 10.0. The zero-order chi connectivity index (χ0) is 24.9. The number of carbonyl (C=O) groups excluding carboxylic acids is 1. The van der Waals surface area contributed by atoms with Crippen LogP contribution < -0.4 is 0 Å². The van der Waals surface area contributed by atoms with E-state index in [4.69, 9.17) is 16.7 Å². The zero-order valence-corrected chi connectivity index (χ0v) is 20.9. The molecule has 0 amide bonds. The monoisotopic (exact) mass is 484 g/mol. The molecule has 0 aliphatic carbocycles. The minimum absolute atomic E-state index is 0.0422. The number of aromatic nitrogens is 2. The maximum Gasteiger partial charge on any atom is 0.160 e. The number of carbonyl (C=O) groups is 1. The molecule has 0 fully saturated rings. The lowest BCUT2D eigenvalue weighted by Gasteiger charge is -2.09. The van der Waals surface area contributed by atoms with Crippen molar-refractivity contribution in [3.8, 4) is 11.3 Å². The summed E-state index contributed by atoms with van der Waals surface area (Å²) in [5.41, 5.74) is 6.74. The minimum Gasteiger partial charge on any atom is -0.396 e. The van der Waals surface area contributed by atoms with Gasteiger partial charge in [-0.05, 0) is 67.6 Å². The zero-order valence-electron chi connectivity index (χ0n) is 20.2. The van der Waals surface area contributed by atoms with Crippen LogP contribution in [0.3, 0.4) is 0 Å². The molecule has 1 unspecified atom stereocenters. The summed E-state index contributed by atoms with van der Waals surface area (Å²) in [6, 6.07) is 23.6. The van der Waals surface area contributed by atoms with Crippen LogP contribution in [0.1, 0.15) is 35.3 Å². The summed E-state index contributed by atoms with van der Waals surface area (Å²) in [6.07, 6.45) is 2.97. The number of halogens is 1. The number of aliphatic hydroxyl groups excluding tert-OH is 1. The van der Waals surface area contributed by atoms with Gasteiger partial charge in [-0.2, -0.15) is 0 Å². The number of nitrogens with one attached hydrogen (secondary N) is 1. The highest BCUT2D eigenvalue weighted by atomic mass is 35.5. The smallest absolute Gasteiger partial charge is 0.160 e. The number of hydrogen-bond acceptors (Lipinski definition) is 3.